The van der Waals surface area contributed by atoms with E-state index in [-0.39, 0.29) is 5.78 Å². The van der Waals surface area contributed by atoms with Crippen LogP contribution in [0, 0.1) is 0 Å². The summed E-state index contributed by atoms with van der Waals surface area (Å²) < 4.78 is 5.52. The first-order chi connectivity index (χ1) is 11.7. The molecule has 6 heteroatoms. The van der Waals surface area contributed by atoms with Crippen molar-refractivity contribution in [1.82, 2.24) is 4.37 Å². The molecule has 0 atom stereocenters. The molecule has 2 aromatic carbocycles. The number of alkyl halides is 1. The predicted molar refractivity (Wildman–Crippen MR) is 98.9 cm³/mol. The summed E-state index contributed by atoms with van der Waals surface area (Å²) in [6.07, 6.45) is 2.29. The Morgan fingerprint density at radius 3 is 2.62 bits per heavy atom. The Kier molecular flexibility index (Phi) is 4.92. The number of anilines is 1. The molecule has 0 spiro atoms. The van der Waals surface area contributed by atoms with E-state index in [1.807, 2.05) is 30.3 Å². The average Bonchev–Trinajstić information content (AvgIpc) is 3.03. The third kappa shape index (κ3) is 2.81. The van der Waals surface area contributed by atoms with Gasteiger partial charge in [0.05, 0.1) is 16.0 Å². The second-order valence-corrected chi connectivity index (χ2v) is 6.49. The number of unbranched alkanes of at least 4 members (excludes halogenated alkanes) is 1. The minimum Gasteiger partial charge on any atom is -0.398 e. The number of aromatic nitrogens is 1. The minimum absolute atomic E-state index is 0.00130. The van der Waals surface area contributed by atoms with Crippen molar-refractivity contribution in [2.24, 2.45) is 0 Å². The van der Waals surface area contributed by atoms with Gasteiger partial charge >= 0.3 is 0 Å². The fourth-order valence-electron chi connectivity index (χ4n) is 2.68. The third-order valence-electron chi connectivity index (χ3n) is 3.78. The predicted octanol–water partition coefficient (Wildman–Crippen LogP) is 4.29. The van der Waals surface area contributed by atoms with Crippen LogP contribution in [0.3, 0.4) is 0 Å². The van der Waals surface area contributed by atoms with Gasteiger partial charge in [0.25, 0.3) is 0 Å². The lowest BCUT2D eigenvalue weighted by molar-refractivity contribution is -0.107. The standard InChI is InChI=1S/C14H8N2OS.C4H7ClO/c15-9-5-1-3-7-11(9)14(17)8-4-2-6-10-12(8)13(7)16-18-10;5-3-1-2-4-6/h1-6H,15H2;4H,1-3H2. The Bertz CT molecular complexity index is 921. The van der Waals surface area contributed by atoms with Crippen LogP contribution in [0.25, 0.3) is 21.3 Å². The number of aldehydes is 1. The van der Waals surface area contributed by atoms with E-state index in [9.17, 15) is 9.59 Å². The highest BCUT2D eigenvalue weighted by molar-refractivity contribution is 7.13. The van der Waals surface area contributed by atoms with Gasteiger partial charge in [0.2, 0.25) is 0 Å². The van der Waals surface area contributed by atoms with Gasteiger partial charge in [-0.2, -0.15) is 4.37 Å². The maximum absolute atomic E-state index is 12.5. The summed E-state index contributed by atoms with van der Waals surface area (Å²) in [7, 11) is 0. The maximum atomic E-state index is 12.5. The van der Waals surface area contributed by atoms with E-state index < -0.39 is 0 Å². The summed E-state index contributed by atoms with van der Waals surface area (Å²) in [6.45, 7) is 0. The highest BCUT2D eigenvalue weighted by Crippen LogP contribution is 2.41. The highest BCUT2D eigenvalue weighted by Gasteiger charge is 2.28. The summed E-state index contributed by atoms with van der Waals surface area (Å²) in [5, 5.41) is 0.964. The Morgan fingerprint density at radius 1 is 1.17 bits per heavy atom. The number of nitrogens with two attached hydrogens (primary N) is 1. The number of hydrogen-bond donors (Lipinski definition) is 1. The van der Waals surface area contributed by atoms with E-state index in [1.165, 1.54) is 11.5 Å². The summed E-state index contributed by atoms with van der Waals surface area (Å²) in [4.78, 5) is 22.0. The highest BCUT2D eigenvalue weighted by atomic mass is 35.5. The van der Waals surface area contributed by atoms with Crippen molar-refractivity contribution in [3.63, 3.8) is 0 Å². The number of rotatable bonds is 3. The second-order valence-electron chi connectivity index (χ2n) is 5.31. The lowest BCUT2D eigenvalue weighted by Crippen LogP contribution is -2.11. The lowest BCUT2D eigenvalue weighted by atomic mass is 9.87. The molecular formula is C18H15ClN2O2S. The fourth-order valence-corrected chi connectivity index (χ4v) is 3.65. The molecule has 4 nitrogen and oxygen atoms in total. The van der Waals surface area contributed by atoms with Crippen molar-refractivity contribution in [2.45, 2.75) is 12.8 Å². The number of nitrogens with zero attached hydrogens (tertiary/aromatic N) is 1. The van der Waals surface area contributed by atoms with Gasteiger partial charge in [-0.25, -0.2) is 0 Å². The molecule has 122 valence electrons. The van der Waals surface area contributed by atoms with E-state index >= 15 is 0 Å². The van der Waals surface area contributed by atoms with Crippen molar-refractivity contribution in [3.05, 3.63) is 47.5 Å². The molecule has 2 N–H and O–H groups in total. The van der Waals surface area contributed by atoms with Gasteiger partial charge < -0.3 is 10.5 Å². The second kappa shape index (κ2) is 7.11. The van der Waals surface area contributed by atoms with Crippen LogP contribution in [-0.4, -0.2) is 22.3 Å². The monoisotopic (exact) mass is 358 g/mol. The van der Waals surface area contributed by atoms with Crippen LogP contribution >= 0.6 is 23.1 Å². The van der Waals surface area contributed by atoms with Crippen LogP contribution in [0.4, 0.5) is 5.69 Å². The molecule has 3 aromatic rings. The van der Waals surface area contributed by atoms with Gasteiger partial charge in [-0.3, -0.25) is 4.79 Å². The Balaban J connectivity index is 0.000000246. The number of halogens is 1. The Hall–Kier alpha value is -2.24. The SMILES string of the molecule is Nc1cccc2c1C(=O)c1cccc3snc-2c13.O=CCCCCl. The molecular weight excluding hydrogens is 344 g/mol. The minimum atomic E-state index is 0.00130. The van der Waals surface area contributed by atoms with Crippen LogP contribution in [0.15, 0.2) is 36.4 Å². The van der Waals surface area contributed by atoms with E-state index in [4.69, 9.17) is 17.3 Å². The van der Waals surface area contributed by atoms with Crippen molar-refractivity contribution in [2.75, 3.05) is 11.6 Å². The number of nitrogen functional groups attached to an aromatic ring is 1. The first-order valence-electron chi connectivity index (χ1n) is 7.50. The zero-order valence-corrected chi connectivity index (χ0v) is 14.4. The molecule has 1 aromatic heterocycles. The topological polar surface area (TPSA) is 73.1 Å². The van der Waals surface area contributed by atoms with Gasteiger partial charge in [-0.1, -0.05) is 24.3 Å². The molecule has 1 heterocycles. The number of fused-ring (bicyclic) bond motifs is 2. The van der Waals surface area contributed by atoms with Crippen molar-refractivity contribution in [3.8, 4) is 11.3 Å². The summed E-state index contributed by atoms with van der Waals surface area (Å²) in [5.41, 5.74) is 9.49. The first kappa shape index (κ1) is 16.6. The van der Waals surface area contributed by atoms with E-state index in [1.54, 1.807) is 6.07 Å². The number of carbonyl (C=O) groups excluding carboxylic acids is 2. The normalized spacial score (nSPS) is 11.6. The summed E-state index contributed by atoms with van der Waals surface area (Å²) in [5.74, 6) is 0.597. The zero-order chi connectivity index (χ0) is 17.1. The molecule has 1 aliphatic carbocycles. The van der Waals surface area contributed by atoms with E-state index in [0.29, 0.717) is 29.1 Å². The van der Waals surface area contributed by atoms with Gasteiger partial charge in [0.1, 0.15) is 6.29 Å². The summed E-state index contributed by atoms with van der Waals surface area (Å²) >= 11 is 6.64. The molecule has 0 aliphatic heterocycles. The van der Waals surface area contributed by atoms with E-state index in [2.05, 4.69) is 4.37 Å². The zero-order valence-electron chi connectivity index (χ0n) is 12.8. The van der Waals surface area contributed by atoms with Crippen LogP contribution in [0.1, 0.15) is 28.8 Å². The molecule has 4 rings (SSSR count). The van der Waals surface area contributed by atoms with Crippen molar-refractivity contribution in [1.29, 1.82) is 0 Å². The lowest BCUT2D eigenvalue weighted by Gasteiger charge is -2.16. The van der Waals surface area contributed by atoms with Gasteiger partial charge in [-0.05, 0) is 30.1 Å². The Labute approximate surface area is 148 Å². The van der Waals surface area contributed by atoms with Crippen LogP contribution in [0.2, 0.25) is 0 Å². The number of carbonyl (C=O) groups is 2. The average molecular weight is 359 g/mol. The van der Waals surface area contributed by atoms with Gasteiger partial charge in [0, 0.05) is 34.5 Å². The van der Waals surface area contributed by atoms with Crippen molar-refractivity contribution < 1.29 is 9.59 Å². The molecule has 1 aliphatic rings. The number of hydrogen-bond acceptors (Lipinski definition) is 5. The molecule has 24 heavy (non-hydrogen) atoms. The molecule has 0 saturated carbocycles. The fraction of sp³-hybridized carbons (Fsp3) is 0.167. The molecule has 0 bridgehead atoms. The third-order valence-corrected chi connectivity index (χ3v) is 4.86. The molecule has 0 amide bonds. The number of benzene rings is 2. The molecule has 0 unspecified atom stereocenters. The molecule has 0 fully saturated rings. The smallest absolute Gasteiger partial charge is 0.196 e. The summed E-state index contributed by atoms with van der Waals surface area (Å²) in [6, 6.07) is 11.3. The van der Waals surface area contributed by atoms with Crippen LogP contribution in [0.5, 0.6) is 0 Å². The Morgan fingerprint density at radius 2 is 1.92 bits per heavy atom. The van der Waals surface area contributed by atoms with Gasteiger partial charge in [0.15, 0.2) is 5.78 Å². The van der Waals surface area contributed by atoms with Crippen molar-refractivity contribution >= 4 is 51.0 Å². The molecule has 0 saturated heterocycles. The van der Waals surface area contributed by atoms with E-state index in [0.717, 1.165) is 34.1 Å². The maximum Gasteiger partial charge on any atom is 0.196 e. The largest absolute Gasteiger partial charge is 0.398 e. The van der Waals surface area contributed by atoms with Crippen LogP contribution < -0.4 is 5.73 Å². The van der Waals surface area contributed by atoms with Crippen LogP contribution in [-0.2, 0) is 4.79 Å². The first-order valence-corrected chi connectivity index (χ1v) is 8.81. The quantitative estimate of drug-likeness (QED) is 0.256. The molecule has 0 radical (unpaired) electrons. The van der Waals surface area contributed by atoms with Gasteiger partial charge in [-0.15, -0.1) is 11.6 Å². The number of ketones is 1.